The van der Waals surface area contributed by atoms with Gasteiger partial charge in [-0.3, -0.25) is 19.6 Å². The number of nitrogens with zero attached hydrogens (tertiary/aromatic N) is 4. The van der Waals surface area contributed by atoms with Crippen LogP contribution in [0.3, 0.4) is 0 Å². The maximum Gasteiger partial charge on any atom is 0.256 e. The number of piperidine rings is 2. The number of carbonyl (C=O) groups is 2. The van der Waals surface area contributed by atoms with Crippen LogP contribution in [0.25, 0.3) is 0 Å². The summed E-state index contributed by atoms with van der Waals surface area (Å²) in [6.07, 6.45) is 12.9. The molecule has 2 atom stereocenters. The molecule has 2 amide bonds. The van der Waals surface area contributed by atoms with Crippen LogP contribution in [-0.4, -0.2) is 117 Å². The molecule has 4 aliphatic heterocycles. The van der Waals surface area contributed by atoms with E-state index in [2.05, 4.69) is 9.98 Å². The lowest BCUT2D eigenvalue weighted by atomic mass is 10.0. The van der Waals surface area contributed by atoms with Gasteiger partial charge in [0, 0.05) is 61.9 Å². The van der Waals surface area contributed by atoms with Gasteiger partial charge in [0.2, 0.25) is 0 Å². The lowest BCUT2D eigenvalue weighted by molar-refractivity contribution is 0.0680. The minimum atomic E-state index is -2.73. The molecule has 2 aromatic rings. The van der Waals surface area contributed by atoms with Gasteiger partial charge in [-0.2, -0.15) is 0 Å². The van der Waals surface area contributed by atoms with Gasteiger partial charge in [-0.25, -0.2) is 0 Å². The molecule has 0 N–H and O–H groups in total. The maximum absolute atomic E-state index is 14.3. The molecule has 4 heterocycles. The summed E-state index contributed by atoms with van der Waals surface area (Å²) in [5, 5.41) is 0. The molecule has 2 fully saturated rings. The van der Waals surface area contributed by atoms with Crippen LogP contribution < -0.4 is 18.9 Å². The molecular weight excluding hydrogens is 684 g/mol. The summed E-state index contributed by atoms with van der Waals surface area (Å²) in [6, 6.07) is 6.92. The first-order valence-corrected chi connectivity index (χ1v) is 22.0. The van der Waals surface area contributed by atoms with E-state index in [1.54, 1.807) is 60.1 Å². The number of fused-ring (bicyclic) bond motifs is 4. The lowest BCUT2D eigenvalue weighted by Gasteiger charge is -2.32. The zero-order chi connectivity index (χ0) is 34.4. The predicted octanol–water partition coefficient (Wildman–Crippen LogP) is 6.96. The highest BCUT2D eigenvalue weighted by Gasteiger charge is 2.33. The summed E-state index contributed by atoms with van der Waals surface area (Å²) < 4.78 is 38.0. The van der Waals surface area contributed by atoms with Crippen LogP contribution in [0.5, 0.6) is 23.0 Å². The molecule has 0 saturated carbocycles. The summed E-state index contributed by atoms with van der Waals surface area (Å²) in [5.41, 5.74) is 2.11. The molecule has 4 aliphatic rings. The molecule has 6 rings (SSSR count). The van der Waals surface area contributed by atoms with Crippen LogP contribution in [0.1, 0.15) is 59.2 Å². The molecule has 14 heteroatoms. The first-order chi connectivity index (χ1) is 23.8. The topological polar surface area (TPSA) is 119 Å². The molecule has 2 aromatic carbocycles. The molecule has 0 aromatic heterocycles. The van der Waals surface area contributed by atoms with E-state index in [1.165, 1.54) is 0 Å². The molecule has 0 unspecified atom stereocenters. The van der Waals surface area contributed by atoms with Crippen LogP contribution >= 0.6 is 28.7 Å². The van der Waals surface area contributed by atoms with E-state index in [4.69, 9.17) is 18.9 Å². The summed E-state index contributed by atoms with van der Waals surface area (Å²) in [7, 11) is 3.69. The van der Waals surface area contributed by atoms with Crippen molar-refractivity contribution in [2.24, 2.45) is 9.98 Å². The third kappa shape index (κ3) is 8.10. The number of carbonyl (C=O) groups excluding carboxylic acids is 2. The summed E-state index contributed by atoms with van der Waals surface area (Å²) in [4.78, 5) is 39.9. The Morgan fingerprint density at radius 3 is 1.67 bits per heavy atom. The average molecular weight is 729 g/mol. The highest BCUT2D eigenvalue weighted by atomic mass is 33.1. The lowest BCUT2D eigenvalue weighted by Crippen LogP contribution is -2.43. The minimum absolute atomic E-state index is 0.000420. The van der Waals surface area contributed by atoms with Crippen molar-refractivity contribution < 1.29 is 33.1 Å². The van der Waals surface area contributed by atoms with Crippen molar-refractivity contribution in [3.05, 3.63) is 35.4 Å². The van der Waals surface area contributed by atoms with Crippen molar-refractivity contribution in [1.29, 1.82) is 0 Å². The SMILES string of the molecule is COc1cc2c(cc1OCCP(=O)(CCOc1cc3c(cc1OC)C(=O)N1CCCC[C@H]1C=N3)CCSSC)N=C[C@@H]1CCCCN1C2=O. The van der Waals surface area contributed by atoms with E-state index in [9.17, 15) is 14.2 Å². The summed E-state index contributed by atoms with van der Waals surface area (Å²) >= 11 is 0. The second kappa shape index (κ2) is 16.2. The number of amides is 2. The zero-order valence-electron chi connectivity index (χ0n) is 28.4. The fraction of sp³-hybridized carbons (Fsp3) is 0.543. The number of methoxy groups -OCH3 is 2. The van der Waals surface area contributed by atoms with Crippen LogP contribution in [-0.2, 0) is 4.57 Å². The van der Waals surface area contributed by atoms with E-state index >= 15 is 0 Å². The van der Waals surface area contributed by atoms with Crippen molar-refractivity contribution in [3.63, 3.8) is 0 Å². The van der Waals surface area contributed by atoms with Gasteiger partial charge in [-0.05, 0) is 56.9 Å². The Hall–Kier alpha value is -3.15. The van der Waals surface area contributed by atoms with E-state index < -0.39 is 7.14 Å². The van der Waals surface area contributed by atoms with E-state index in [0.29, 0.717) is 64.0 Å². The quantitative estimate of drug-likeness (QED) is 0.116. The number of hydrogen-bond donors (Lipinski definition) is 0. The predicted molar refractivity (Wildman–Crippen MR) is 199 cm³/mol. The molecule has 49 heavy (non-hydrogen) atoms. The molecule has 2 saturated heterocycles. The van der Waals surface area contributed by atoms with Crippen molar-refractivity contribution in [2.45, 2.75) is 50.6 Å². The van der Waals surface area contributed by atoms with Gasteiger partial charge in [-0.1, -0.05) is 21.6 Å². The van der Waals surface area contributed by atoms with E-state index in [1.807, 2.05) is 28.5 Å². The van der Waals surface area contributed by atoms with Gasteiger partial charge in [0.05, 0.1) is 69.2 Å². The van der Waals surface area contributed by atoms with Crippen molar-refractivity contribution >= 4 is 64.3 Å². The molecule has 11 nitrogen and oxygen atoms in total. The number of rotatable bonds is 14. The fourth-order valence-corrected chi connectivity index (χ4v) is 11.3. The summed E-state index contributed by atoms with van der Waals surface area (Å²) in [6.45, 7) is 1.85. The standard InChI is InChI=1S/C35H45N4O7PS2/c1-43-30-18-26-28(36-22-24-8-4-6-10-38(24)34(26)40)20-32(30)45-12-14-47(42,16-17-49-48-3)15-13-46-33-21-29-27(19-31(33)44-2)35(41)39-11-7-5-9-25(39)23-37-29/h18-25H,4-17H2,1-3H3/t24-,25-/m0/s1. The highest BCUT2D eigenvalue weighted by Crippen LogP contribution is 2.47. The molecule has 264 valence electrons. The Bertz CT molecular complexity index is 1540. The smallest absolute Gasteiger partial charge is 0.256 e. The van der Waals surface area contributed by atoms with Crippen LogP contribution in [0.4, 0.5) is 11.4 Å². The Balaban J connectivity index is 1.13. The van der Waals surface area contributed by atoms with Crippen molar-refractivity contribution in [1.82, 2.24) is 9.80 Å². The van der Waals surface area contributed by atoms with Crippen molar-refractivity contribution in [3.8, 4) is 23.0 Å². The third-order valence-electron chi connectivity index (χ3n) is 9.63. The maximum atomic E-state index is 14.3. The second-order valence-corrected chi connectivity index (χ2v) is 18.8. The monoisotopic (exact) mass is 728 g/mol. The van der Waals surface area contributed by atoms with Gasteiger partial charge in [0.25, 0.3) is 11.8 Å². The Labute approximate surface area is 296 Å². The Morgan fingerprint density at radius 1 is 0.735 bits per heavy atom. The molecule has 0 aliphatic carbocycles. The van der Waals surface area contributed by atoms with Gasteiger partial charge < -0.3 is 33.3 Å². The van der Waals surface area contributed by atoms with Crippen LogP contribution in [0.15, 0.2) is 34.3 Å². The molecule has 0 radical (unpaired) electrons. The number of benzene rings is 2. The van der Waals surface area contributed by atoms with Crippen LogP contribution in [0, 0.1) is 0 Å². The largest absolute Gasteiger partial charge is 0.493 e. The van der Waals surface area contributed by atoms with E-state index in [-0.39, 0.29) is 37.1 Å². The van der Waals surface area contributed by atoms with Gasteiger partial charge in [-0.15, -0.1) is 0 Å². The first-order valence-electron chi connectivity index (χ1n) is 17.0. The van der Waals surface area contributed by atoms with Gasteiger partial charge >= 0.3 is 0 Å². The normalized spacial score (nSPS) is 20.1. The zero-order valence-corrected chi connectivity index (χ0v) is 31.0. The molecule has 0 bridgehead atoms. The van der Waals surface area contributed by atoms with Crippen molar-refractivity contribution in [2.75, 3.05) is 71.0 Å². The Morgan fingerprint density at radius 2 is 1.22 bits per heavy atom. The number of ether oxygens (including phenoxy) is 4. The van der Waals surface area contributed by atoms with Gasteiger partial charge in [0.15, 0.2) is 23.0 Å². The van der Waals surface area contributed by atoms with Gasteiger partial charge in [0.1, 0.15) is 0 Å². The van der Waals surface area contributed by atoms with Crippen LogP contribution in [0.2, 0.25) is 0 Å². The average Bonchev–Trinajstić information content (AvgIpc) is 3.35. The number of hydrogen-bond acceptors (Lipinski definition) is 11. The highest BCUT2D eigenvalue weighted by molar-refractivity contribution is 8.76. The second-order valence-electron chi connectivity index (χ2n) is 12.6. The number of aliphatic imine (C=N–C) groups is 2. The Kier molecular flexibility index (Phi) is 11.8. The fourth-order valence-electron chi connectivity index (χ4n) is 6.84. The molecule has 0 spiro atoms. The van der Waals surface area contributed by atoms with E-state index in [0.717, 1.165) is 57.4 Å². The minimum Gasteiger partial charge on any atom is -0.493 e. The molecular formula is C35H45N4O7PS2. The summed E-state index contributed by atoms with van der Waals surface area (Å²) in [5.74, 6) is 2.48. The third-order valence-corrected chi connectivity index (χ3v) is 14.8. The first kappa shape index (κ1) is 35.7.